The summed E-state index contributed by atoms with van der Waals surface area (Å²) in [4.78, 5) is 30.8. The van der Waals surface area contributed by atoms with Crippen molar-refractivity contribution in [2.24, 2.45) is 0 Å². The van der Waals surface area contributed by atoms with Crippen LogP contribution in [0, 0.1) is 6.92 Å². The number of H-pyrrole nitrogens is 1. The van der Waals surface area contributed by atoms with Crippen molar-refractivity contribution in [3.8, 4) is 0 Å². The number of amides is 1. The molecule has 1 amide bonds. The molecule has 1 saturated heterocycles. The predicted octanol–water partition coefficient (Wildman–Crippen LogP) is 4.45. The van der Waals surface area contributed by atoms with Gasteiger partial charge in [-0.25, -0.2) is 0 Å². The van der Waals surface area contributed by atoms with Crippen molar-refractivity contribution in [2.75, 3.05) is 18.0 Å². The van der Waals surface area contributed by atoms with E-state index in [-0.39, 0.29) is 11.3 Å². The fourth-order valence-electron chi connectivity index (χ4n) is 4.16. The molecule has 1 fully saturated rings. The molecular weight excluding hydrogens is 398 g/mol. The Labute approximate surface area is 181 Å². The van der Waals surface area contributed by atoms with Gasteiger partial charge in [0.2, 0.25) is 0 Å². The highest BCUT2D eigenvalue weighted by atomic mass is 35.5. The van der Waals surface area contributed by atoms with E-state index in [1.807, 2.05) is 0 Å². The minimum absolute atomic E-state index is 0.178. The van der Waals surface area contributed by atoms with Crippen molar-refractivity contribution in [1.82, 2.24) is 10.3 Å². The molecule has 1 aliphatic rings. The van der Waals surface area contributed by atoms with Gasteiger partial charge in [-0.3, -0.25) is 9.59 Å². The highest BCUT2D eigenvalue weighted by molar-refractivity contribution is 6.31. The molecular formula is C24H26ClN3O2. The number of aromatic amines is 1. The monoisotopic (exact) mass is 423 g/mol. The molecule has 5 nitrogen and oxygen atoms in total. The summed E-state index contributed by atoms with van der Waals surface area (Å²) < 4.78 is 0. The zero-order valence-electron chi connectivity index (χ0n) is 17.3. The van der Waals surface area contributed by atoms with Crippen molar-refractivity contribution < 1.29 is 4.79 Å². The standard InChI is InChI=1S/C24H26ClN3O2/c1-15-4-3-13-28(15)19-8-5-17(6-9-19)11-12-26-24(30)22-16(2)23(29)20-14-18(25)7-10-21(20)27-22/h5-10,14-15H,3-4,11-13H2,1-2H3,(H,26,30)(H,27,29)/t15-/m1/s1. The van der Waals surface area contributed by atoms with E-state index in [1.165, 1.54) is 24.1 Å². The number of rotatable bonds is 5. The Bertz CT molecular complexity index is 1140. The van der Waals surface area contributed by atoms with Crippen LogP contribution in [0.1, 0.15) is 41.4 Å². The van der Waals surface area contributed by atoms with E-state index in [0.717, 1.165) is 13.0 Å². The van der Waals surface area contributed by atoms with Gasteiger partial charge in [-0.05, 0) is 69.0 Å². The SMILES string of the molecule is Cc1c(C(=O)NCCc2ccc(N3CCC[C@H]3C)cc2)[nH]c2ccc(Cl)cc2c1=O. The summed E-state index contributed by atoms with van der Waals surface area (Å²) in [6, 6.07) is 14.2. The summed E-state index contributed by atoms with van der Waals surface area (Å²) in [5, 5.41) is 3.91. The fraction of sp³-hybridized carbons (Fsp3) is 0.333. The normalized spacial score (nSPS) is 16.2. The van der Waals surface area contributed by atoms with E-state index < -0.39 is 0 Å². The van der Waals surface area contributed by atoms with Gasteiger partial charge in [0, 0.05) is 46.3 Å². The van der Waals surface area contributed by atoms with E-state index >= 15 is 0 Å². The lowest BCUT2D eigenvalue weighted by atomic mass is 10.1. The highest BCUT2D eigenvalue weighted by Gasteiger charge is 2.20. The average molecular weight is 424 g/mol. The molecule has 3 aromatic rings. The van der Waals surface area contributed by atoms with Crippen LogP contribution in [0.25, 0.3) is 10.9 Å². The van der Waals surface area contributed by atoms with Gasteiger partial charge in [-0.1, -0.05) is 23.7 Å². The minimum atomic E-state index is -0.274. The summed E-state index contributed by atoms with van der Waals surface area (Å²) in [5.74, 6) is -0.274. The van der Waals surface area contributed by atoms with Gasteiger partial charge < -0.3 is 15.2 Å². The summed E-state index contributed by atoms with van der Waals surface area (Å²) in [7, 11) is 0. The van der Waals surface area contributed by atoms with Gasteiger partial charge in [0.15, 0.2) is 5.43 Å². The largest absolute Gasteiger partial charge is 0.369 e. The molecule has 2 heterocycles. The summed E-state index contributed by atoms with van der Waals surface area (Å²) in [6.07, 6.45) is 3.23. The van der Waals surface area contributed by atoms with Crippen LogP contribution in [0.15, 0.2) is 47.3 Å². The second kappa shape index (κ2) is 8.52. The Hall–Kier alpha value is -2.79. The van der Waals surface area contributed by atoms with Gasteiger partial charge in [0.1, 0.15) is 5.69 Å². The summed E-state index contributed by atoms with van der Waals surface area (Å²) in [5.41, 5.74) is 3.55. The number of anilines is 1. The third-order valence-corrected chi connectivity index (χ3v) is 6.18. The number of carbonyl (C=O) groups is 1. The van der Waals surface area contributed by atoms with Crippen molar-refractivity contribution in [2.45, 2.75) is 39.2 Å². The second-order valence-corrected chi connectivity index (χ2v) is 8.44. The van der Waals surface area contributed by atoms with Crippen LogP contribution in [0.5, 0.6) is 0 Å². The Morgan fingerprint density at radius 3 is 2.70 bits per heavy atom. The van der Waals surface area contributed by atoms with Crippen molar-refractivity contribution in [3.05, 3.63) is 74.5 Å². The molecule has 1 aromatic heterocycles. The molecule has 0 aliphatic carbocycles. The Balaban J connectivity index is 1.41. The van der Waals surface area contributed by atoms with Gasteiger partial charge in [0.25, 0.3) is 5.91 Å². The number of hydrogen-bond donors (Lipinski definition) is 2. The zero-order valence-corrected chi connectivity index (χ0v) is 18.1. The maximum atomic E-state index is 12.7. The summed E-state index contributed by atoms with van der Waals surface area (Å²) in [6.45, 7) is 5.54. The third kappa shape index (κ3) is 4.08. The molecule has 0 spiro atoms. The van der Waals surface area contributed by atoms with Gasteiger partial charge in [0.05, 0.1) is 0 Å². The Kier molecular flexibility index (Phi) is 5.82. The quantitative estimate of drug-likeness (QED) is 0.637. The van der Waals surface area contributed by atoms with E-state index in [2.05, 4.69) is 46.4 Å². The summed E-state index contributed by atoms with van der Waals surface area (Å²) >= 11 is 5.99. The highest BCUT2D eigenvalue weighted by Crippen LogP contribution is 2.25. The molecule has 1 atom stereocenters. The lowest BCUT2D eigenvalue weighted by molar-refractivity contribution is 0.0948. The van der Waals surface area contributed by atoms with Crippen LogP contribution in [0.4, 0.5) is 5.69 Å². The third-order valence-electron chi connectivity index (χ3n) is 5.95. The minimum Gasteiger partial charge on any atom is -0.369 e. The lowest BCUT2D eigenvalue weighted by Crippen LogP contribution is -2.29. The van der Waals surface area contributed by atoms with Crippen LogP contribution in [-0.2, 0) is 6.42 Å². The number of pyridine rings is 1. The van der Waals surface area contributed by atoms with Crippen LogP contribution < -0.4 is 15.6 Å². The van der Waals surface area contributed by atoms with Crippen molar-refractivity contribution in [3.63, 3.8) is 0 Å². The first-order valence-electron chi connectivity index (χ1n) is 10.4. The molecule has 0 unspecified atom stereocenters. The smallest absolute Gasteiger partial charge is 0.268 e. The fourth-order valence-corrected chi connectivity index (χ4v) is 4.34. The number of nitrogens with one attached hydrogen (secondary N) is 2. The zero-order chi connectivity index (χ0) is 21.3. The van der Waals surface area contributed by atoms with Crippen LogP contribution in [-0.4, -0.2) is 30.0 Å². The second-order valence-electron chi connectivity index (χ2n) is 8.00. The number of hydrogen-bond acceptors (Lipinski definition) is 3. The first kappa shape index (κ1) is 20.5. The van der Waals surface area contributed by atoms with E-state index in [0.29, 0.717) is 39.8 Å². The van der Waals surface area contributed by atoms with Gasteiger partial charge in [-0.2, -0.15) is 0 Å². The predicted molar refractivity (Wildman–Crippen MR) is 123 cm³/mol. The number of fused-ring (bicyclic) bond motifs is 1. The molecule has 2 aromatic carbocycles. The number of aromatic nitrogens is 1. The first-order valence-corrected chi connectivity index (χ1v) is 10.8. The van der Waals surface area contributed by atoms with Crippen molar-refractivity contribution >= 4 is 34.1 Å². The topological polar surface area (TPSA) is 65.2 Å². The maximum absolute atomic E-state index is 12.7. The van der Waals surface area contributed by atoms with Crippen molar-refractivity contribution in [1.29, 1.82) is 0 Å². The molecule has 1 aliphatic heterocycles. The molecule has 156 valence electrons. The van der Waals surface area contributed by atoms with Gasteiger partial charge in [-0.15, -0.1) is 0 Å². The van der Waals surface area contributed by atoms with E-state index in [9.17, 15) is 9.59 Å². The van der Waals surface area contributed by atoms with E-state index in [4.69, 9.17) is 11.6 Å². The number of halogens is 1. The van der Waals surface area contributed by atoms with Gasteiger partial charge >= 0.3 is 0 Å². The Morgan fingerprint density at radius 1 is 1.23 bits per heavy atom. The molecule has 4 rings (SSSR count). The van der Waals surface area contributed by atoms with Crippen LogP contribution in [0.2, 0.25) is 5.02 Å². The molecule has 6 heteroatoms. The molecule has 0 bridgehead atoms. The van der Waals surface area contributed by atoms with Crippen LogP contribution in [0.3, 0.4) is 0 Å². The lowest BCUT2D eigenvalue weighted by Gasteiger charge is -2.23. The number of benzene rings is 2. The molecule has 0 radical (unpaired) electrons. The number of carbonyl (C=O) groups excluding carboxylic acids is 1. The molecule has 0 saturated carbocycles. The average Bonchev–Trinajstić information content (AvgIpc) is 3.17. The number of nitrogens with zero attached hydrogens (tertiary/aromatic N) is 1. The first-order chi connectivity index (χ1) is 14.4. The molecule has 2 N–H and O–H groups in total. The Morgan fingerprint density at radius 2 is 2.00 bits per heavy atom. The molecule has 30 heavy (non-hydrogen) atoms. The van der Waals surface area contributed by atoms with Crippen LogP contribution >= 0.6 is 11.6 Å². The maximum Gasteiger partial charge on any atom is 0.268 e. The van der Waals surface area contributed by atoms with E-state index in [1.54, 1.807) is 25.1 Å².